The Morgan fingerprint density at radius 1 is 1.25 bits per heavy atom. The van der Waals surface area contributed by atoms with Gasteiger partial charge in [0.05, 0.1) is 0 Å². The van der Waals surface area contributed by atoms with E-state index in [0.29, 0.717) is 4.90 Å². The maximum Gasteiger partial charge on any atom is 0.244 e. The average Bonchev–Trinajstić information content (AvgIpc) is 2.63. The molecular weight excluding hydrogens is 242 g/mol. The number of hydrogen-bond donors (Lipinski definition) is 0. The van der Waals surface area contributed by atoms with Crippen LogP contribution in [0.5, 0.6) is 0 Å². The highest BCUT2D eigenvalue weighted by Gasteiger charge is 2.21. The van der Waals surface area contributed by atoms with E-state index >= 15 is 0 Å². The Bertz CT molecular complexity index is 626. The molecule has 0 fully saturated rings. The number of fused-ring (bicyclic) bond motifs is 1. The molecule has 0 radical (unpaired) electrons. The first-order valence-electron chi connectivity index (χ1n) is 4.84. The molecule has 0 bridgehead atoms. The van der Waals surface area contributed by atoms with Gasteiger partial charge in [0.1, 0.15) is 4.90 Å². The highest BCUT2D eigenvalue weighted by molar-refractivity contribution is 7.89. The molecule has 1 heterocycles. The van der Waals surface area contributed by atoms with Gasteiger partial charge in [-0.25, -0.2) is 12.7 Å². The van der Waals surface area contributed by atoms with Crippen LogP contribution < -0.4 is 0 Å². The van der Waals surface area contributed by atoms with E-state index in [1.54, 1.807) is 19.5 Å². The first-order chi connectivity index (χ1) is 7.44. The Morgan fingerprint density at radius 2 is 1.94 bits per heavy atom. The quantitative estimate of drug-likeness (QED) is 0.826. The zero-order valence-electron chi connectivity index (χ0n) is 9.39. The Morgan fingerprint density at radius 3 is 2.56 bits per heavy atom. The molecule has 0 unspecified atom stereocenters. The number of nitrogens with zero attached hydrogens (tertiary/aromatic N) is 1. The minimum Gasteiger partial charge on any atom is -0.207 e. The van der Waals surface area contributed by atoms with Crippen LogP contribution in [0.1, 0.15) is 5.56 Å². The second kappa shape index (κ2) is 3.84. The number of rotatable bonds is 2. The fraction of sp³-hybridized carbons (Fsp3) is 0.273. The SMILES string of the molecule is Cc1cccc2c(S(=O)(=O)N(C)C)csc12. The molecule has 0 amide bonds. The van der Waals surface area contributed by atoms with Crippen LogP contribution in [0, 0.1) is 6.92 Å². The topological polar surface area (TPSA) is 37.4 Å². The molecule has 0 aliphatic heterocycles. The van der Waals surface area contributed by atoms with Crippen molar-refractivity contribution >= 4 is 31.4 Å². The standard InChI is InChI=1S/C11H13NO2S2/c1-8-5-4-6-9-10(7-15-11(8)9)16(13,14)12(2)3/h4-7H,1-3H3. The lowest BCUT2D eigenvalue weighted by Gasteiger charge is -2.10. The minimum absolute atomic E-state index is 0.404. The number of hydrogen-bond acceptors (Lipinski definition) is 3. The third-order valence-corrected chi connectivity index (χ3v) is 5.66. The molecule has 0 saturated heterocycles. The van der Waals surface area contributed by atoms with Crippen LogP contribution in [0.2, 0.25) is 0 Å². The summed E-state index contributed by atoms with van der Waals surface area (Å²) in [4.78, 5) is 0.404. The highest BCUT2D eigenvalue weighted by atomic mass is 32.2. The lowest BCUT2D eigenvalue weighted by molar-refractivity contribution is 0.522. The maximum atomic E-state index is 12.1. The highest BCUT2D eigenvalue weighted by Crippen LogP contribution is 2.32. The summed E-state index contributed by atoms with van der Waals surface area (Å²) >= 11 is 1.48. The summed E-state index contributed by atoms with van der Waals surface area (Å²) in [5, 5.41) is 2.53. The van der Waals surface area contributed by atoms with Gasteiger partial charge < -0.3 is 0 Å². The van der Waals surface area contributed by atoms with Gasteiger partial charge in [0.25, 0.3) is 0 Å². The van der Waals surface area contributed by atoms with Crippen LogP contribution in [-0.2, 0) is 10.0 Å². The van der Waals surface area contributed by atoms with Crippen LogP contribution in [-0.4, -0.2) is 26.8 Å². The summed E-state index contributed by atoms with van der Waals surface area (Å²) in [5.41, 5.74) is 1.11. The fourth-order valence-corrected chi connectivity index (χ4v) is 4.02. The van der Waals surface area contributed by atoms with Crippen molar-refractivity contribution in [2.24, 2.45) is 0 Å². The van der Waals surface area contributed by atoms with Crippen LogP contribution in [0.15, 0.2) is 28.5 Å². The third kappa shape index (κ3) is 1.65. The molecule has 2 aromatic rings. The molecule has 3 nitrogen and oxygen atoms in total. The monoisotopic (exact) mass is 255 g/mol. The summed E-state index contributed by atoms with van der Waals surface area (Å²) in [6.07, 6.45) is 0. The summed E-state index contributed by atoms with van der Waals surface area (Å²) in [6, 6.07) is 5.74. The smallest absolute Gasteiger partial charge is 0.207 e. The Kier molecular flexibility index (Phi) is 2.77. The average molecular weight is 255 g/mol. The van der Waals surface area contributed by atoms with Crippen molar-refractivity contribution in [3.8, 4) is 0 Å². The van der Waals surface area contributed by atoms with Crippen LogP contribution in [0.3, 0.4) is 0 Å². The van der Waals surface area contributed by atoms with Gasteiger partial charge >= 0.3 is 0 Å². The van der Waals surface area contributed by atoms with E-state index in [9.17, 15) is 8.42 Å². The van der Waals surface area contributed by atoms with Crippen molar-refractivity contribution in [2.75, 3.05) is 14.1 Å². The Labute approximate surface area is 99.4 Å². The molecular formula is C11H13NO2S2. The van der Waals surface area contributed by atoms with Gasteiger partial charge in [-0.1, -0.05) is 18.2 Å². The van der Waals surface area contributed by atoms with E-state index in [2.05, 4.69) is 0 Å². The molecule has 5 heteroatoms. The maximum absolute atomic E-state index is 12.1. The van der Waals surface area contributed by atoms with Gasteiger partial charge in [-0.3, -0.25) is 0 Å². The Hall–Kier alpha value is -0.910. The predicted molar refractivity (Wildman–Crippen MR) is 67.4 cm³/mol. The lowest BCUT2D eigenvalue weighted by Crippen LogP contribution is -2.21. The number of sulfonamides is 1. The van der Waals surface area contributed by atoms with Gasteiger partial charge in [0.15, 0.2) is 0 Å². The number of benzene rings is 1. The predicted octanol–water partition coefficient (Wildman–Crippen LogP) is 2.46. The molecule has 0 aliphatic carbocycles. The van der Waals surface area contributed by atoms with E-state index in [1.165, 1.54) is 15.6 Å². The largest absolute Gasteiger partial charge is 0.244 e. The third-order valence-electron chi connectivity index (χ3n) is 2.52. The second-order valence-electron chi connectivity index (χ2n) is 3.84. The molecule has 0 saturated carbocycles. The van der Waals surface area contributed by atoms with Gasteiger partial charge in [-0.2, -0.15) is 0 Å². The van der Waals surface area contributed by atoms with Crippen molar-refractivity contribution < 1.29 is 8.42 Å². The number of aryl methyl sites for hydroxylation is 1. The first kappa shape index (κ1) is 11.6. The zero-order valence-corrected chi connectivity index (χ0v) is 11.0. The zero-order chi connectivity index (χ0) is 11.9. The normalized spacial score (nSPS) is 12.5. The van der Waals surface area contributed by atoms with Crippen molar-refractivity contribution in [3.05, 3.63) is 29.1 Å². The van der Waals surface area contributed by atoms with Crippen molar-refractivity contribution in [1.29, 1.82) is 0 Å². The first-order valence-corrected chi connectivity index (χ1v) is 7.16. The fourth-order valence-electron chi connectivity index (χ4n) is 1.58. The summed E-state index contributed by atoms with van der Waals surface area (Å²) in [6.45, 7) is 1.99. The molecule has 0 atom stereocenters. The van der Waals surface area contributed by atoms with Gasteiger partial charge in [-0.15, -0.1) is 11.3 Å². The van der Waals surface area contributed by atoms with E-state index in [0.717, 1.165) is 15.6 Å². The molecule has 86 valence electrons. The number of thiophene rings is 1. The summed E-state index contributed by atoms with van der Waals surface area (Å²) in [5.74, 6) is 0. The molecule has 16 heavy (non-hydrogen) atoms. The molecule has 0 N–H and O–H groups in total. The summed E-state index contributed by atoms with van der Waals surface area (Å²) in [7, 11) is -0.233. The molecule has 1 aromatic carbocycles. The van der Waals surface area contributed by atoms with E-state index < -0.39 is 10.0 Å². The van der Waals surface area contributed by atoms with Crippen molar-refractivity contribution in [3.63, 3.8) is 0 Å². The lowest BCUT2D eigenvalue weighted by atomic mass is 10.2. The molecule has 0 spiro atoms. The van der Waals surface area contributed by atoms with Crippen LogP contribution in [0.4, 0.5) is 0 Å². The minimum atomic E-state index is -3.33. The van der Waals surface area contributed by atoms with Crippen LogP contribution >= 0.6 is 11.3 Å². The van der Waals surface area contributed by atoms with Crippen molar-refractivity contribution in [1.82, 2.24) is 4.31 Å². The molecule has 1 aromatic heterocycles. The van der Waals surface area contributed by atoms with E-state index in [4.69, 9.17) is 0 Å². The summed E-state index contributed by atoms with van der Waals surface area (Å²) < 4.78 is 26.4. The van der Waals surface area contributed by atoms with E-state index in [-0.39, 0.29) is 0 Å². The van der Waals surface area contributed by atoms with Gasteiger partial charge in [-0.05, 0) is 12.5 Å². The molecule has 2 rings (SSSR count). The van der Waals surface area contributed by atoms with Crippen LogP contribution in [0.25, 0.3) is 10.1 Å². The van der Waals surface area contributed by atoms with Gasteiger partial charge in [0, 0.05) is 29.6 Å². The second-order valence-corrected chi connectivity index (χ2v) is 6.84. The Balaban J connectivity index is 2.78. The van der Waals surface area contributed by atoms with Crippen molar-refractivity contribution in [2.45, 2.75) is 11.8 Å². The molecule has 0 aliphatic rings. The van der Waals surface area contributed by atoms with Gasteiger partial charge in [0.2, 0.25) is 10.0 Å². The van der Waals surface area contributed by atoms with E-state index in [1.807, 2.05) is 25.1 Å².